The second-order valence-corrected chi connectivity index (χ2v) is 6.67. The molecular weight excluding hydrogens is 268 g/mol. The van der Waals surface area contributed by atoms with Gasteiger partial charge < -0.3 is 16.0 Å². The minimum absolute atomic E-state index is 0.00152. The number of hydrogen-bond donors (Lipinski definition) is 2. The van der Waals surface area contributed by atoms with Crippen molar-refractivity contribution in [1.82, 2.24) is 15.1 Å². The van der Waals surface area contributed by atoms with Crippen molar-refractivity contribution in [2.24, 2.45) is 11.7 Å². The molecule has 6 nitrogen and oxygen atoms in total. The number of carbonyl (C=O) groups excluding carboxylic acids is 2. The van der Waals surface area contributed by atoms with Crippen molar-refractivity contribution < 1.29 is 9.59 Å². The third-order valence-electron chi connectivity index (χ3n) is 4.69. The summed E-state index contributed by atoms with van der Waals surface area (Å²) >= 11 is 0. The summed E-state index contributed by atoms with van der Waals surface area (Å²) in [5, 5.41) is 2.67. The molecule has 2 aliphatic heterocycles. The maximum Gasteiger partial charge on any atom is 0.242 e. The highest BCUT2D eigenvalue weighted by molar-refractivity contribution is 5.87. The topological polar surface area (TPSA) is 78.7 Å². The zero-order valence-electron chi connectivity index (χ0n) is 13.3. The van der Waals surface area contributed by atoms with Crippen molar-refractivity contribution in [1.29, 1.82) is 0 Å². The number of fused-ring (bicyclic) bond motifs is 1. The van der Waals surface area contributed by atoms with E-state index in [2.05, 4.69) is 17.1 Å². The van der Waals surface area contributed by atoms with Gasteiger partial charge in [0.05, 0.1) is 12.6 Å². The van der Waals surface area contributed by atoms with Gasteiger partial charge in [0.2, 0.25) is 11.8 Å². The lowest BCUT2D eigenvalue weighted by molar-refractivity contribution is -0.137. The summed E-state index contributed by atoms with van der Waals surface area (Å²) in [5.41, 5.74) is 5.78. The maximum absolute atomic E-state index is 12.3. The molecule has 0 bridgehead atoms. The molecule has 0 radical (unpaired) electrons. The predicted octanol–water partition coefficient (Wildman–Crippen LogP) is -0.219. The predicted molar refractivity (Wildman–Crippen MR) is 81.6 cm³/mol. The Morgan fingerprint density at radius 3 is 2.71 bits per heavy atom. The van der Waals surface area contributed by atoms with Crippen molar-refractivity contribution in [2.75, 3.05) is 26.2 Å². The van der Waals surface area contributed by atoms with Crippen LogP contribution in [-0.4, -0.2) is 65.9 Å². The molecule has 2 heterocycles. The average Bonchev–Trinajstić information content (AvgIpc) is 2.89. The van der Waals surface area contributed by atoms with Crippen LogP contribution in [-0.2, 0) is 9.59 Å². The molecule has 0 spiro atoms. The Balaban J connectivity index is 1.84. The third kappa shape index (κ3) is 3.74. The molecule has 2 rings (SSSR count). The Kier molecular flexibility index (Phi) is 5.22. The van der Waals surface area contributed by atoms with E-state index in [1.54, 1.807) is 0 Å². The fraction of sp³-hybridized carbons (Fsp3) is 0.867. The van der Waals surface area contributed by atoms with Crippen LogP contribution in [0.2, 0.25) is 0 Å². The van der Waals surface area contributed by atoms with Crippen molar-refractivity contribution >= 4 is 11.8 Å². The van der Waals surface area contributed by atoms with Gasteiger partial charge in [0.1, 0.15) is 0 Å². The number of piperazine rings is 1. The second kappa shape index (κ2) is 6.75. The molecule has 3 N–H and O–H groups in total. The van der Waals surface area contributed by atoms with Gasteiger partial charge >= 0.3 is 0 Å². The van der Waals surface area contributed by atoms with Crippen LogP contribution in [0.1, 0.15) is 33.6 Å². The van der Waals surface area contributed by atoms with Gasteiger partial charge in [-0.25, -0.2) is 0 Å². The van der Waals surface area contributed by atoms with Crippen molar-refractivity contribution in [3.05, 3.63) is 0 Å². The molecule has 0 aromatic rings. The molecule has 2 aliphatic rings. The zero-order valence-corrected chi connectivity index (χ0v) is 13.3. The fourth-order valence-corrected chi connectivity index (χ4v) is 3.22. The van der Waals surface area contributed by atoms with Crippen molar-refractivity contribution in [2.45, 2.75) is 51.7 Å². The maximum atomic E-state index is 12.3. The smallest absolute Gasteiger partial charge is 0.242 e. The van der Waals surface area contributed by atoms with Crippen LogP contribution in [0.15, 0.2) is 0 Å². The largest absolute Gasteiger partial charge is 0.346 e. The van der Waals surface area contributed by atoms with E-state index in [-0.39, 0.29) is 30.3 Å². The van der Waals surface area contributed by atoms with Crippen LogP contribution in [0.3, 0.4) is 0 Å². The van der Waals surface area contributed by atoms with E-state index >= 15 is 0 Å². The molecule has 0 aromatic heterocycles. The summed E-state index contributed by atoms with van der Waals surface area (Å²) in [5.74, 6) is -0.176. The Labute approximate surface area is 127 Å². The van der Waals surface area contributed by atoms with E-state index in [1.165, 1.54) is 12.8 Å². The van der Waals surface area contributed by atoms with Crippen LogP contribution in [0.25, 0.3) is 0 Å². The molecule has 120 valence electrons. The first-order valence-electron chi connectivity index (χ1n) is 7.97. The van der Waals surface area contributed by atoms with Crippen molar-refractivity contribution in [3.63, 3.8) is 0 Å². The van der Waals surface area contributed by atoms with Crippen LogP contribution in [0.5, 0.6) is 0 Å². The first-order valence-corrected chi connectivity index (χ1v) is 7.97. The Hall–Kier alpha value is -1.14. The second-order valence-electron chi connectivity index (χ2n) is 6.67. The molecule has 21 heavy (non-hydrogen) atoms. The lowest BCUT2D eigenvalue weighted by atomic mass is 10.1. The molecule has 2 saturated heterocycles. The summed E-state index contributed by atoms with van der Waals surface area (Å²) in [7, 11) is 0. The first kappa shape index (κ1) is 16.2. The van der Waals surface area contributed by atoms with Gasteiger partial charge in [0, 0.05) is 25.2 Å². The highest BCUT2D eigenvalue weighted by atomic mass is 16.2. The molecule has 0 aliphatic carbocycles. The fourth-order valence-electron chi connectivity index (χ4n) is 3.22. The van der Waals surface area contributed by atoms with Gasteiger partial charge in [-0.2, -0.15) is 0 Å². The van der Waals surface area contributed by atoms with Crippen LogP contribution in [0, 0.1) is 5.92 Å². The first-order chi connectivity index (χ1) is 9.90. The van der Waals surface area contributed by atoms with Crippen LogP contribution < -0.4 is 11.1 Å². The van der Waals surface area contributed by atoms with Gasteiger partial charge in [-0.3, -0.25) is 14.5 Å². The normalized spacial score (nSPS) is 27.6. The number of rotatable bonds is 4. The third-order valence-corrected chi connectivity index (χ3v) is 4.69. The molecule has 6 heteroatoms. The summed E-state index contributed by atoms with van der Waals surface area (Å²) < 4.78 is 0. The molecule has 2 unspecified atom stereocenters. The Morgan fingerprint density at radius 2 is 2.05 bits per heavy atom. The number of carbonyl (C=O) groups is 2. The average molecular weight is 296 g/mol. The Bertz CT molecular complexity index is 399. The Morgan fingerprint density at radius 1 is 1.33 bits per heavy atom. The molecular formula is C15H28N4O2. The van der Waals surface area contributed by atoms with E-state index in [0.29, 0.717) is 6.04 Å². The molecule has 2 amide bonds. The standard InChI is InChI=1S/C15H28N4O2/c1-10(2)14(16)15(21)17-7-13(20)19-9-12-5-4-6-18(12)8-11(19)3/h10-12,14H,4-9,16H2,1-3H3,(H,17,21)/t11?,12?,14-/m0/s1. The van der Waals surface area contributed by atoms with E-state index in [4.69, 9.17) is 5.73 Å². The highest BCUT2D eigenvalue weighted by Gasteiger charge is 2.36. The minimum Gasteiger partial charge on any atom is -0.346 e. The van der Waals surface area contributed by atoms with E-state index in [1.807, 2.05) is 18.7 Å². The van der Waals surface area contributed by atoms with Gasteiger partial charge in [0.15, 0.2) is 0 Å². The number of nitrogens with two attached hydrogens (primary N) is 1. The van der Waals surface area contributed by atoms with E-state index in [0.717, 1.165) is 19.6 Å². The van der Waals surface area contributed by atoms with Crippen LogP contribution >= 0.6 is 0 Å². The number of nitrogens with one attached hydrogen (secondary N) is 1. The van der Waals surface area contributed by atoms with Gasteiger partial charge in [-0.1, -0.05) is 13.8 Å². The van der Waals surface area contributed by atoms with Gasteiger partial charge in [0.25, 0.3) is 0 Å². The molecule has 3 atom stereocenters. The summed E-state index contributed by atoms with van der Waals surface area (Å²) in [6.45, 7) is 8.80. The lowest BCUT2D eigenvalue weighted by Crippen LogP contribution is -2.58. The van der Waals surface area contributed by atoms with E-state index in [9.17, 15) is 9.59 Å². The summed E-state index contributed by atoms with van der Waals surface area (Å²) in [4.78, 5) is 28.6. The number of amides is 2. The molecule has 0 aromatic carbocycles. The lowest BCUT2D eigenvalue weighted by Gasteiger charge is -2.42. The summed E-state index contributed by atoms with van der Waals surface area (Å²) in [6, 6.07) is 0.156. The zero-order chi connectivity index (χ0) is 15.6. The molecule has 2 fully saturated rings. The monoisotopic (exact) mass is 296 g/mol. The summed E-state index contributed by atoms with van der Waals surface area (Å²) in [6.07, 6.45) is 2.39. The van der Waals surface area contributed by atoms with Crippen LogP contribution in [0.4, 0.5) is 0 Å². The minimum atomic E-state index is -0.554. The number of hydrogen-bond acceptors (Lipinski definition) is 4. The van der Waals surface area contributed by atoms with Crippen molar-refractivity contribution in [3.8, 4) is 0 Å². The van der Waals surface area contributed by atoms with Gasteiger partial charge in [-0.15, -0.1) is 0 Å². The van der Waals surface area contributed by atoms with Gasteiger partial charge in [-0.05, 0) is 32.2 Å². The highest BCUT2D eigenvalue weighted by Crippen LogP contribution is 2.24. The SMILES string of the molecule is CC(C)[C@H](N)C(=O)NCC(=O)N1CC2CCCN2CC1C. The number of nitrogens with zero attached hydrogens (tertiary/aromatic N) is 2. The quantitative estimate of drug-likeness (QED) is 0.752. The molecule has 0 saturated carbocycles. The van der Waals surface area contributed by atoms with E-state index < -0.39 is 6.04 Å².